The monoisotopic (exact) mass is 2050 g/mol. The fraction of sp³-hybridized carbons (Fsp3) is 0.286. The Balaban J connectivity index is 0.000000234. The second-order valence-corrected chi connectivity index (χ2v) is 47.8. The molecule has 0 amide bonds. The summed E-state index contributed by atoms with van der Waals surface area (Å²) in [4.78, 5) is 8.94. The maximum absolute atomic E-state index is 11.1. The Kier molecular flexibility index (Phi) is 43.9. The fourth-order valence-electron chi connectivity index (χ4n) is 14.6. The number of benzene rings is 12. The molecule has 0 unspecified atom stereocenters. The average Bonchev–Trinajstić information content (AvgIpc) is 0.786. The van der Waals surface area contributed by atoms with E-state index >= 15 is 0 Å². The van der Waals surface area contributed by atoms with Gasteiger partial charge in [0.05, 0.1) is 5.69 Å². The summed E-state index contributed by atoms with van der Waals surface area (Å²) < 4.78 is 0. The Morgan fingerprint density at radius 1 is 0.280 bits per heavy atom. The molecular formula is C98H112Cl8N4O4Zr4. The molecule has 1 aliphatic rings. The third kappa shape index (κ3) is 30.5. The van der Waals surface area contributed by atoms with Gasteiger partial charge in [0.25, 0.3) is 0 Å². The summed E-state index contributed by atoms with van der Waals surface area (Å²) in [6.07, 6.45) is 4.95. The Labute approximate surface area is 779 Å². The molecule has 0 radical (unpaired) electrons. The van der Waals surface area contributed by atoms with Crippen molar-refractivity contribution in [3.05, 3.63) is 323 Å². The van der Waals surface area contributed by atoms with E-state index in [2.05, 4.69) is 313 Å². The van der Waals surface area contributed by atoms with Crippen LogP contribution in [0.5, 0.6) is 23.0 Å². The van der Waals surface area contributed by atoms with Gasteiger partial charge in [-0.3, -0.25) is 0 Å². The number of hydrogen-bond acceptors (Lipinski definition) is 8. The van der Waals surface area contributed by atoms with Crippen molar-refractivity contribution in [2.45, 2.75) is 157 Å². The Morgan fingerprint density at radius 2 is 0.551 bits per heavy atom. The SMILES string of the molecule is CN(Cc1cccc(C(C)(C)C)c1O)c1c(-c2ccccc2)cccc1-c1ccccc1.CN(Cc1cccc(C(C)(C)C)c1O)c1cccc2c1CCCC2.CN(Cc1cccc(C(C)(C)C)c1O)c1cccc2ccccc12.CN(Cc1cccc(C(C)(C)C)c1O)c1ccccc1-c1ccccc1.[Cl][Zr][Cl].[Cl][Zr][Cl].[Cl][Zr][Cl].[Cl][Zr][Cl]. The zero-order valence-corrected chi connectivity index (χ0v) is 86.5. The van der Waals surface area contributed by atoms with Crippen molar-refractivity contribution in [1.29, 1.82) is 0 Å². The molecule has 20 heteroatoms. The van der Waals surface area contributed by atoms with Crippen molar-refractivity contribution >= 4 is 102 Å². The zero-order valence-electron chi connectivity index (χ0n) is 70.7. The van der Waals surface area contributed by atoms with Crippen LogP contribution in [0, 0.1) is 0 Å². The normalized spacial score (nSPS) is 11.4. The quantitative estimate of drug-likeness (QED) is 0.0807. The van der Waals surface area contributed by atoms with Gasteiger partial charge in [0.1, 0.15) is 23.0 Å². The summed E-state index contributed by atoms with van der Waals surface area (Å²) in [7, 11) is 47.9. The van der Waals surface area contributed by atoms with Crippen LogP contribution < -0.4 is 19.6 Å². The Bertz CT molecular complexity index is 4960. The van der Waals surface area contributed by atoms with Crippen LogP contribution in [-0.4, -0.2) is 48.6 Å². The molecule has 0 atom stereocenters. The molecule has 0 saturated carbocycles. The molecule has 0 heterocycles. The summed E-state index contributed by atoms with van der Waals surface area (Å²) in [5.41, 5.74) is 22.4. The van der Waals surface area contributed by atoms with Gasteiger partial charge >= 0.3 is 151 Å². The third-order valence-corrected chi connectivity index (χ3v) is 20.3. The number of phenolic OH excluding ortho intramolecular Hbond substituents is 4. The number of fused-ring (bicyclic) bond motifs is 2. The maximum atomic E-state index is 11.1. The summed E-state index contributed by atoms with van der Waals surface area (Å²) in [6.45, 7) is 28.2. The van der Waals surface area contributed by atoms with E-state index < -0.39 is 83.4 Å². The van der Waals surface area contributed by atoms with Gasteiger partial charge in [0.2, 0.25) is 0 Å². The van der Waals surface area contributed by atoms with E-state index in [0.717, 1.165) is 62.4 Å². The molecule has 0 aliphatic heterocycles. The number of para-hydroxylation sites is 6. The van der Waals surface area contributed by atoms with Gasteiger partial charge in [-0.05, 0) is 121 Å². The van der Waals surface area contributed by atoms with Crippen LogP contribution in [0.1, 0.15) is 152 Å². The topological polar surface area (TPSA) is 93.9 Å². The van der Waals surface area contributed by atoms with Gasteiger partial charge in [-0.15, -0.1) is 0 Å². The van der Waals surface area contributed by atoms with Crippen LogP contribution >= 0.6 is 68.1 Å². The molecule has 0 aromatic heterocycles. The predicted octanol–water partition coefficient (Wildman–Crippen LogP) is 29.8. The van der Waals surface area contributed by atoms with Crippen molar-refractivity contribution in [2.75, 3.05) is 47.8 Å². The molecule has 620 valence electrons. The molecule has 1 aliphatic carbocycles. The molecule has 0 fully saturated rings. The van der Waals surface area contributed by atoms with E-state index in [1.165, 1.54) is 92.3 Å². The van der Waals surface area contributed by atoms with E-state index in [1.807, 2.05) is 84.9 Å². The summed E-state index contributed by atoms with van der Waals surface area (Å²) in [6, 6.07) is 92.0. The number of hydrogen-bond donors (Lipinski definition) is 4. The van der Waals surface area contributed by atoms with Crippen LogP contribution in [-0.2, 0) is 144 Å². The molecule has 0 spiro atoms. The molecule has 13 rings (SSSR count). The zero-order chi connectivity index (χ0) is 86.9. The van der Waals surface area contributed by atoms with Gasteiger partial charge in [-0.2, -0.15) is 0 Å². The second-order valence-electron chi connectivity index (χ2n) is 32.9. The Hall–Kier alpha value is -4.85. The van der Waals surface area contributed by atoms with Gasteiger partial charge in [0, 0.05) is 116 Å². The second kappa shape index (κ2) is 50.8. The van der Waals surface area contributed by atoms with Crippen molar-refractivity contribution in [3.8, 4) is 56.4 Å². The van der Waals surface area contributed by atoms with E-state index in [9.17, 15) is 20.4 Å². The van der Waals surface area contributed by atoms with Crippen LogP contribution in [0.25, 0.3) is 44.2 Å². The van der Waals surface area contributed by atoms with Crippen LogP contribution in [0.3, 0.4) is 0 Å². The van der Waals surface area contributed by atoms with Crippen molar-refractivity contribution in [1.82, 2.24) is 0 Å². The van der Waals surface area contributed by atoms with Crippen LogP contribution in [0.15, 0.2) is 267 Å². The first-order valence-corrected chi connectivity index (χ1v) is 64.4. The average molecular weight is 2060 g/mol. The van der Waals surface area contributed by atoms with Crippen LogP contribution in [0.2, 0.25) is 0 Å². The number of halogens is 8. The van der Waals surface area contributed by atoms with Gasteiger partial charge in [0.15, 0.2) is 0 Å². The standard InChI is InChI=1S/C30H31NO.C24H27NO.C22H29NO.C22H25NO.8ClH.4Zr/c1-30(2,3)27-20-11-17-24(29(27)32)21-31(4)28-25(22-13-7-5-8-14-22)18-12-19-26(28)23-15-9-6-10-16-23;1-24(2,3)21-15-10-13-19(23(21)26)17-25(4)22-16-9-8-14-20(22)18-11-6-5-7-12-18;2*1-22(2,3)19-13-7-11-17(21(19)24)15-23(4)20-14-8-10-16-9-5-6-12-18(16)20;;;;;;;;;;;;/h5-20,32H,21H2,1-4H3;5-16,26H,17H2,1-4H3;7-8,10-11,13-14,24H,5-6,9,12,15H2,1-4H3;5-14,24H,15H2,1-4H3;8*1H;;;;/q;;;;;;;;;;;;4*+2/p-8. The molecule has 8 nitrogen and oxygen atoms in total. The first kappa shape index (κ1) is 102. The molecule has 118 heavy (non-hydrogen) atoms. The minimum atomic E-state index is -0.826. The first-order valence-electron chi connectivity index (χ1n) is 39.1. The molecule has 0 saturated heterocycles. The fourth-order valence-corrected chi connectivity index (χ4v) is 14.6. The molecule has 12 aromatic rings. The van der Waals surface area contributed by atoms with Crippen LogP contribution in [0.4, 0.5) is 22.7 Å². The third-order valence-electron chi connectivity index (χ3n) is 20.3. The predicted molar refractivity (Wildman–Crippen MR) is 499 cm³/mol. The van der Waals surface area contributed by atoms with E-state index in [1.54, 1.807) is 0 Å². The number of anilines is 4. The van der Waals surface area contributed by atoms with Gasteiger partial charge in [-0.1, -0.05) is 332 Å². The van der Waals surface area contributed by atoms with E-state index in [0.29, 0.717) is 42.6 Å². The minimum absolute atomic E-state index is 0.0510. The molecule has 12 aromatic carbocycles. The van der Waals surface area contributed by atoms with E-state index in [4.69, 9.17) is 68.1 Å². The van der Waals surface area contributed by atoms with Crippen molar-refractivity contribution in [2.24, 2.45) is 0 Å². The summed E-state index contributed by atoms with van der Waals surface area (Å²) >= 11 is -3.30. The number of nitrogens with zero attached hydrogens (tertiary/aromatic N) is 4. The molecule has 0 bridgehead atoms. The number of phenols is 4. The molecule has 4 N–H and O–H groups in total. The number of rotatable bonds is 15. The first-order chi connectivity index (χ1) is 56.1. The van der Waals surface area contributed by atoms with Crippen molar-refractivity contribution < 1.29 is 104 Å². The van der Waals surface area contributed by atoms with Crippen molar-refractivity contribution in [3.63, 3.8) is 0 Å². The summed E-state index contributed by atoms with van der Waals surface area (Å²) in [5, 5.41) is 45.7. The Morgan fingerprint density at radius 3 is 0.949 bits per heavy atom. The van der Waals surface area contributed by atoms with Gasteiger partial charge in [-0.25, -0.2) is 0 Å². The van der Waals surface area contributed by atoms with E-state index in [-0.39, 0.29) is 21.7 Å². The summed E-state index contributed by atoms with van der Waals surface area (Å²) in [5.74, 6) is 1.66. The van der Waals surface area contributed by atoms with Gasteiger partial charge < -0.3 is 40.0 Å². The number of aryl methyl sites for hydroxylation is 1. The number of aromatic hydroxyl groups is 4. The molecular weight excluding hydrogens is 1950 g/mol.